The maximum Gasteiger partial charge on any atom is 0.191 e. The van der Waals surface area contributed by atoms with Crippen molar-refractivity contribution in [3.63, 3.8) is 0 Å². The first-order valence-electron chi connectivity index (χ1n) is 10.1. The van der Waals surface area contributed by atoms with Crippen LogP contribution in [0.5, 0.6) is 0 Å². The lowest BCUT2D eigenvalue weighted by Crippen LogP contribution is -2.38. The van der Waals surface area contributed by atoms with Gasteiger partial charge in [-0.1, -0.05) is 24.3 Å². The van der Waals surface area contributed by atoms with Gasteiger partial charge in [0.15, 0.2) is 5.96 Å². The fourth-order valence-electron chi connectivity index (χ4n) is 2.96. The molecule has 2 rings (SSSR count). The second-order valence-electron chi connectivity index (χ2n) is 6.86. The predicted octanol–water partition coefficient (Wildman–Crippen LogP) is 3.34. The van der Waals surface area contributed by atoms with Gasteiger partial charge < -0.3 is 24.8 Å². The number of guanidine groups is 1. The predicted molar refractivity (Wildman–Crippen MR) is 124 cm³/mol. The minimum absolute atomic E-state index is 0. The number of halogens is 1. The molecule has 0 aromatic heterocycles. The minimum Gasteiger partial charge on any atom is -0.381 e. The number of rotatable bonds is 11. The van der Waals surface area contributed by atoms with Crippen molar-refractivity contribution >= 4 is 29.9 Å². The van der Waals surface area contributed by atoms with Gasteiger partial charge in [0.1, 0.15) is 0 Å². The summed E-state index contributed by atoms with van der Waals surface area (Å²) < 4.78 is 16.3. The number of ether oxygens (including phenoxy) is 3. The Morgan fingerprint density at radius 3 is 2.54 bits per heavy atom. The van der Waals surface area contributed by atoms with E-state index in [9.17, 15) is 0 Å². The molecule has 1 heterocycles. The number of hydrogen-bond acceptors (Lipinski definition) is 4. The van der Waals surface area contributed by atoms with Gasteiger partial charge in [-0.2, -0.15) is 0 Å². The van der Waals surface area contributed by atoms with Gasteiger partial charge in [0.2, 0.25) is 0 Å². The highest BCUT2D eigenvalue weighted by Crippen LogP contribution is 2.14. The first-order valence-corrected chi connectivity index (χ1v) is 10.1. The van der Waals surface area contributed by atoms with Crippen molar-refractivity contribution in [3.8, 4) is 0 Å². The summed E-state index contributed by atoms with van der Waals surface area (Å²) in [7, 11) is 1.71. The van der Waals surface area contributed by atoms with Gasteiger partial charge in [-0.25, -0.2) is 4.99 Å². The Hall–Kier alpha value is -0.900. The summed E-state index contributed by atoms with van der Waals surface area (Å²) in [6.45, 7) is 8.48. The van der Waals surface area contributed by atoms with Gasteiger partial charge in [0.05, 0.1) is 13.2 Å². The van der Waals surface area contributed by atoms with E-state index < -0.39 is 0 Å². The van der Waals surface area contributed by atoms with Crippen molar-refractivity contribution in [2.75, 3.05) is 46.6 Å². The first-order chi connectivity index (χ1) is 13.3. The highest BCUT2D eigenvalue weighted by Gasteiger charge is 2.13. The van der Waals surface area contributed by atoms with Crippen molar-refractivity contribution in [3.05, 3.63) is 35.4 Å². The molecule has 0 saturated carbocycles. The molecule has 7 heteroatoms. The van der Waals surface area contributed by atoms with E-state index >= 15 is 0 Å². The van der Waals surface area contributed by atoms with Crippen LogP contribution in [0, 0.1) is 5.92 Å². The summed E-state index contributed by atoms with van der Waals surface area (Å²) in [6, 6.07) is 8.38. The number of methoxy groups -OCH3 is 1. The van der Waals surface area contributed by atoms with Crippen LogP contribution in [-0.2, 0) is 27.4 Å². The number of aliphatic imine (C=N–C) groups is 1. The van der Waals surface area contributed by atoms with Crippen molar-refractivity contribution in [1.29, 1.82) is 0 Å². The molecule has 0 radical (unpaired) electrons. The molecule has 1 fully saturated rings. The monoisotopic (exact) mass is 505 g/mol. The standard InChI is InChI=1S/C21H35N3O3.HI/c1-3-22-21(24-15-18-5-7-19(8-6-18)16-25-2)23-11-4-12-27-17-20-9-13-26-14-10-20;/h5-8,20H,3-4,9-17H2,1-2H3,(H2,22,23,24);1H. The molecule has 0 atom stereocenters. The molecular weight excluding hydrogens is 469 g/mol. The summed E-state index contributed by atoms with van der Waals surface area (Å²) in [4.78, 5) is 4.66. The first kappa shape index (κ1) is 25.1. The molecule has 0 bridgehead atoms. The third-order valence-electron chi connectivity index (χ3n) is 4.55. The van der Waals surface area contributed by atoms with Crippen molar-refractivity contribution in [2.45, 2.75) is 39.3 Å². The second-order valence-corrected chi connectivity index (χ2v) is 6.86. The van der Waals surface area contributed by atoms with Gasteiger partial charge in [-0.3, -0.25) is 0 Å². The molecule has 1 aliphatic rings. The summed E-state index contributed by atoms with van der Waals surface area (Å²) in [5.74, 6) is 1.52. The van der Waals surface area contributed by atoms with Crippen LogP contribution in [0.25, 0.3) is 0 Å². The molecule has 6 nitrogen and oxygen atoms in total. The zero-order chi connectivity index (χ0) is 19.2. The molecule has 1 aliphatic heterocycles. The van der Waals surface area contributed by atoms with Crippen molar-refractivity contribution in [1.82, 2.24) is 10.6 Å². The summed E-state index contributed by atoms with van der Waals surface area (Å²) >= 11 is 0. The second kappa shape index (κ2) is 16.0. The number of nitrogens with one attached hydrogen (secondary N) is 2. The minimum atomic E-state index is 0. The van der Waals surface area contributed by atoms with Crippen LogP contribution in [-0.4, -0.2) is 52.6 Å². The third kappa shape index (κ3) is 10.6. The molecule has 0 spiro atoms. The largest absolute Gasteiger partial charge is 0.381 e. The molecule has 28 heavy (non-hydrogen) atoms. The Kier molecular flexibility index (Phi) is 14.3. The van der Waals surface area contributed by atoms with Gasteiger partial charge >= 0.3 is 0 Å². The van der Waals surface area contributed by atoms with E-state index in [0.717, 1.165) is 64.7 Å². The zero-order valence-electron chi connectivity index (χ0n) is 17.2. The van der Waals surface area contributed by atoms with Crippen molar-refractivity contribution in [2.24, 2.45) is 10.9 Å². The van der Waals surface area contributed by atoms with Gasteiger partial charge in [0.25, 0.3) is 0 Å². The maximum absolute atomic E-state index is 5.81. The Morgan fingerprint density at radius 2 is 1.86 bits per heavy atom. The Morgan fingerprint density at radius 1 is 1.14 bits per heavy atom. The molecule has 160 valence electrons. The molecular formula is C21H36IN3O3. The zero-order valence-corrected chi connectivity index (χ0v) is 19.6. The highest BCUT2D eigenvalue weighted by atomic mass is 127. The fourth-order valence-corrected chi connectivity index (χ4v) is 2.96. The van der Waals surface area contributed by atoms with E-state index in [-0.39, 0.29) is 24.0 Å². The third-order valence-corrected chi connectivity index (χ3v) is 4.55. The van der Waals surface area contributed by atoms with Crippen LogP contribution in [0.2, 0.25) is 0 Å². The van der Waals surface area contributed by atoms with E-state index in [2.05, 4.69) is 46.8 Å². The average molecular weight is 505 g/mol. The molecule has 1 aromatic rings. The summed E-state index contributed by atoms with van der Waals surface area (Å²) in [5, 5.41) is 6.67. The molecule has 1 saturated heterocycles. The molecule has 0 aliphatic carbocycles. The average Bonchev–Trinajstić information content (AvgIpc) is 2.70. The number of hydrogen-bond donors (Lipinski definition) is 2. The van der Waals surface area contributed by atoms with Gasteiger partial charge in [0, 0.05) is 46.6 Å². The topological polar surface area (TPSA) is 64.1 Å². The highest BCUT2D eigenvalue weighted by molar-refractivity contribution is 14.0. The van der Waals surface area contributed by atoms with E-state index in [0.29, 0.717) is 19.1 Å². The number of benzene rings is 1. The Balaban J connectivity index is 0.00000392. The molecule has 0 amide bonds. The lowest BCUT2D eigenvalue weighted by atomic mass is 10.0. The lowest BCUT2D eigenvalue weighted by Gasteiger charge is -2.21. The summed E-state index contributed by atoms with van der Waals surface area (Å²) in [5.41, 5.74) is 2.36. The normalized spacial score (nSPS) is 15.1. The van der Waals surface area contributed by atoms with Gasteiger partial charge in [-0.15, -0.1) is 24.0 Å². The number of nitrogens with zero attached hydrogens (tertiary/aromatic N) is 1. The van der Waals surface area contributed by atoms with Crippen LogP contribution in [0.3, 0.4) is 0 Å². The lowest BCUT2D eigenvalue weighted by molar-refractivity contribution is 0.0203. The Bertz CT molecular complexity index is 534. The van der Waals surface area contributed by atoms with Crippen LogP contribution in [0.4, 0.5) is 0 Å². The van der Waals surface area contributed by atoms with E-state index in [1.807, 2.05) is 0 Å². The van der Waals surface area contributed by atoms with E-state index in [4.69, 9.17) is 14.2 Å². The van der Waals surface area contributed by atoms with Crippen LogP contribution < -0.4 is 10.6 Å². The quantitative estimate of drug-likeness (QED) is 0.209. The van der Waals surface area contributed by atoms with Crippen molar-refractivity contribution < 1.29 is 14.2 Å². The molecule has 2 N–H and O–H groups in total. The SMILES string of the molecule is CCNC(=NCc1ccc(COC)cc1)NCCCOCC1CCOCC1.I. The van der Waals surface area contributed by atoms with Crippen LogP contribution in [0.15, 0.2) is 29.3 Å². The fraction of sp³-hybridized carbons (Fsp3) is 0.667. The molecule has 0 unspecified atom stereocenters. The van der Waals surface area contributed by atoms with Gasteiger partial charge in [-0.05, 0) is 43.2 Å². The van der Waals surface area contributed by atoms with Crippen LogP contribution >= 0.6 is 24.0 Å². The summed E-state index contributed by atoms with van der Waals surface area (Å²) in [6.07, 6.45) is 3.23. The maximum atomic E-state index is 5.81. The Labute approximate surface area is 186 Å². The smallest absolute Gasteiger partial charge is 0.191 e. The van der Waals surface area contributed by atoms with E-state index in [1.54, 1.807) is 7.11 Å². The molecule has 1 aromatic carbocycles. The van der Waals surface area contributed by atoms with E-state index in [1.165, 1.54) is 11.1 Å². The van der Waals surface area contributed by atoms with Crippen LogP contribution in [0.1, 0.15) is 37.3 Å².